The summed E-state index contributed by atoms with van der Waals surface area (Å²) in [6, 6.07) is 17.2. The van der Waals surface area contributed by atoms with E-state index in [1.165, 1.54) is 18.2 Å². The summed E-state index contributed by atoms with van der Waals surface area (Å²) in [7, 11) is 0. The Morgan fingerprint density at radius 2 is 2.03 bits per heavy atom. The number of ether oxygens (including phenoxy) is 1. The lowest BCUT2D eigenvalue weighted by molar-refractivity contribution is -0.384. The monoisotopic (exact) mass is 423 g/mol. The number of amides is 1. The Morgan fingerprint density at radius 3 is 2.73 bits per heavy atom. The molecule has 8 nitrogen and oxygen atoms in total. The van der Waals surface area contributed by atoms with Crippen LogP contribution in [0.15, 0.2) is 65.2 Å². The van der Waals surface area contributed by atoms with Gasteiger partial charge in [-0.15, -0.1) is 0 Å². The normalized spacial score (nSPS) is 15.8. The minimum absolute atomic E-state index is 0.00737. The predicted molar refractivity (Wildman–Crippen MR) is 110 cm³/mol. The fourth-order valence-electron chi connectivity index (χ4n) is 2.98. The molecule has 1 aliphatic heterocycles. The molecule has 30 heavy (non-hydrogen) atoms. The lowest BCUT2D eigenvalue weighted by atomic mass is 9.87. The van der Waals surface area contributed by atoms with E-state index >= 15 is 0 Å². The highest BCUT2D eigenvalue weighted by molar-refractivity contribution is 8.03. The number of nitro groups is 1. The van der Waals surface area contributed by atoms with Crippen LogP contribution in [0, 0.1) is 21.4 Å². The van der Waals surface area contributed by atoms with Crippen molar-refractivity contribution in [3.8, 4) is 6.07 Å². The minimum Gasteiger partial charge on any atom is -0.460 e. The van der Waals surface area contributed by atoms with Gasteiger partial charge >= 0.3 is 5.97 Å². The summed E-state index contributed by atoms with van der Waals surface area (Å²) < 4.78 is 5.22. The number of allylic oxidation sites excluding steroid dienone is 1. The number of carbonyl (C=O) groups is 2. The number of nitrogens with one attached hydrogen (secondary N) is 1. The molecule has 0 aliphatic carbocycles. The van der Waals surface area contributed by atoms with Crippen LogP contribution in [-0.4, -0.2) is 22.6 Å². The van der Waals surface area contributed by atoms with E-state index < -0.39 is 16.8 Å². The molecule has 1 amide bonds. The van der Waals surface area contributed by atoms with Crippen LogP contribution < -0.4 is 5.32 Å². The number of benzene rings is 2. The van der Waals surface area contributed by atoms with Gasteiger partial charge in [-0.2, -0.15) is 5.26 Å². The van der Waals surface area contributed by atoms with Crippen LogP contribution in [0.3, 0.4) is 0 Å². The molecule has 152 valence electrons. The highest BCUT2D eigenvalue weighted by Crippen LogP contribution is 2.36. The maximum absolute atomic E-state index is 12.2. The number of hydrogen-bond acceptors (Lipinski definition) is 7. The second-order valence-electron chi connectivity index (χ2n) is 6.45. The Labute approximate surface area is 176 Å². The first-order valence-electron chi connectivity index (χ1n) is 8.98. The number of carbonyl (C=O) groups excluding carboxylic acids is 2. The van der Waals surface area contributed by atoms with Gasteiger partial charge in [-0.05, 0) is 11.1 Å². The third kappa shape index (κ3) is 5.24. The molecule has 9 heteroatoms. The topological polar surface area (TPSA) is 122 Å². The first kappa shape index (κ1) is 21.1. The quantitative estimate of drug-likeness (QED) is 0.411. The van der Waals surface area contributed by atoms with Crippen molar-refractivity contribution >= 4 is 29.3 Å². The van der Waals surface area contributed by atoms with E-state index in [0.29, 0.717) is 5.56 Å². The summed E-state index contributed by atoms with van der Waals surface area (Å²) in [5, 5.41) is 23.6. The van der Waals surface area contributed by atoms with Crippen molar-refractivity contribution in [3.63, 3.8) is 0 Å². The molecule has 2 aromatic carbocycles. The maximum Gasteiger partial charge on any atom is 0.316 e. The molecule has 0 saturated heterocycles. The van der Waals surface area contributed by atoms with E-state index in [1.54, 1.807) is 6.07 Å². The van der Waals surface area contributed by atoms with E-state index in [0.717, 1.165) is 17.3 Å². The van der Waals surface area contributed by atoms with Crippen LogP contribution in [0.4, 0.5) is 5.69 Å². The van der Waals surface area contributed by atoms with Gasteiger partial charge in [0.1, 0.15) is 6.61 Å². The molecular weight excluding hydrogens is 406 g/mol. The Morgan fingerprint density at radius 1 is 1.27 bits per heavy atom. The lowest BCUT2D eigenvalue weighted by Crippen LogP contribution is -2.31. The highest BCUT2D eigenvalue weighted by Gasteiger charge is 2.30. The fraction of sp³-hybridized carbons (Fsp3) is 0.190. The Bertz CT molecular complexity index is 1050. The average molecular weight is 423 g/mol. The average Bonchev–Trinajstić information content (AvgIpc) is 2.76. The number of nitro benzene ring substituents is 1. The first-order valence-corrected chi connectivity index (χ1v) is 9.97. The second kappa shape index (κ2) is 9.71. The molecular formula is C21H17N3O5S. The summed E-state index contributed by atoms with van der Waals surface area (Å²) in [6.07, 6.45) is -0.00737. The van der Waals surface area contributed by atoms with Gasteiger partial charge in [-0.3, -0.25) is 19.7 Å². The van der Waals surface area contributed by atoms with Gasteiger partial charge in [0.25, 0.3) is 5.69 Å². The van der Waals surface area contributed by atoms with E-state index in [2.05, 4.69) is 11.4 Å². The van der Waals surface area contributed by atoms with E-state index in [4.69, 9.17) is 4.74 Å². The zero-order valence-electron chi connectivity index (χ0n) is 15.7. The molecule has 0 fully saturated rings. The number of nitriles is 1. The maximum atomic E-state index is 12.2. The summed E-state index contributed by atoms with van der Waals surface area (Å²) in [6.45, 7) is 0.132. The van der Waals surface area contributed by atoms with E-state index in [1.807, 2.05) is 30.3 Å². The Kier molecular flexibility index (Phi) is 6.83. The smallest absolute Gasteiger partial charge is 0.316 e. The van der Waals surface area contributed by atoms with Crippen molar-refractivity contribution in [1.82, 2.24) is 5.32 Å². The van der Waals surface area contributed by atoms with Gasteiger partial charge in [-0.1, -0.05) is 54.2 Å². The van der Waals surface area contributed by atoms with Crippen molar-refractivity contribution in [2.45, 2.75) is 18.9 Å². The lowest BCUT2D eigenvalue weighted by Gasteiger charge is -2.24. The summed E-state index contributed by atoms with van der Waals surface area (Å²) in [5.74, 6) is -1.52. The molecule has 0 bridgehead atoms. The third-order valence-corrected chi connectivity index (χ3v) is 5.41. The van der Waals surface area contributed by atoms with E-state index in [-0.39, 0.29) is 41.0 Å². The summed E-state index contributed by atoms with van der Waals surface area (Å²) >= 11 is 1.00. The highest BCUT2D eigenvalue weighted by atomic mass is 32.2. The largest absolute Gasteiger partial charge is 0.460 e. The van der Waals surface area contributed by atoms with Gasteiger partial charge in [0.15, 0.2) is 0 Å². The Hall–Kier alpha value is -3.64. The van der Waals surface area contributed by atoms with Gasteiger partial charge < -0.3 is 10.1 Å². The molecule has 0 radical (unpaired) electrons. The summed E-state index contributed by atoms with van der Waals surface area (Å²) in [4.78, 5) is 34.8. The SMILES string of the molecule is N#CC1=C(SCC(=O)OCc2ccccc2)NC(=O)CC1c1cccc([N+](=O)[O-])c1. The zero-order valence-corrected chi connectivity index (χ0v) is 16.6. The molecule has 1 N–H and O–H groups in total. The summed E-state index contributed by atoms with van der Waals surface area (Å²) in [5.41, 5.74) is 1.50. The molecule has 1 unspecified atom stereocenters. The zero-order chi connectivity index (χ0) is 21.5. The number of non-ortho nitro benzene ring substituents is 1. The molecule has 1 heterocycles. The van der Waals surface area contributed by atoms with Crippen LogP contribution in [0.2, 0.25) is 0 Å². The van der Waals surface area contributed by atoms with Crippen LogP contribution in [-0.2, 0) is 20.9 Å². The van der Waals surface area contributed by atoms with Gasteiger partial charge in [0.05, 0.1) is 27.3 Å². The third-order valence-electron chi connectivity index (χ3n) is 4.42. The van der Waals surface area contributed by atoms with Crippen molar-refractivity contribution in [2.75, 3.05) is 5.75 Å². The molecule has 1 atom stereocenters. The van der Waals surface area contributed by atoms with E-state index in [9.17, 15) is 25.0 Å². The van der Waals surface area contributed by atoms with Crippen LogP contribution in [0.25, 0.3) is 0 Å². The molecule has 3 rings (SSSR count). The molecule has 0 spiro atoms. The van der Waals surface area contributed by atoms with Crippen molar-refractivity contribution in [3.05, 3.63) is 86.4 Å². The fourth-order valence-corrected chi connectivity index (χ4v) is 3.86. The minimum atomic E-state index is -0.619. The van der Waals surface area contributed by atoms with Crippen molar-refractivity contribution in [2.24, 2.45) is 0 Å². The van der Waals surface area contributed by atoms with Gasteiger partial charge in [0, 0.05) is 24.5 Å². The number of rotatable bonds is 7. The molecule has 0 aromatic heterocycles. The predicted octanol–water partition coefficient (Wildman–Crippen LogP) is 3.41. The number of thioether (sulfide) groups is 1. The van der Waals surface area contributed by atoms with Crippen LogP contribution in [0.5, 0.6) is 0 Å². The molecule has 0 saturated carbocycles. The first-order chi connectivity index (χ1) is 14.5. The number of nitrogens with zero attached hydrogens (tertiary/aromatic N) is 2. The second-order valence-corrected chi connectivity index (χ2v) is 7.43. The molecule has 2 aromatic rings. The van der Waals surface area contributed by atoms with Crippen molar-refractivity contribution in [1.29, 1.82) is 5.26 Å². The van der Waals surface area contributed by atoms with Crippen LogP contribution in [0.1, 0.15) is 23.5 Å². The van der Waals surface area contributed by atoms with Crippen molar-refractivity contribution < 1.29 is 19.2 Å². The van der Waals surface area contributed by atoms with Gasteiger partial charge in [-0.25, -0.2) is 0 Å². The molecule has 1 aliphatic rings. The number of hydrogen-bond donors (Lipinski definition) is 1. The standard InChI is InChI=1S/C21H17N3O5S/c22-11-18-17(15-7-4-8-16(9-15)24(27)28)10-19(25)23-21(18)30-13-20(26)29-12-14-5-2-1-3-6-14/h1-9,17H,10,12-13H2,(H,23,25). The van der Waals surface area contributed by atoms with Crippen LogP contribution >= 0.6 is 11.8 Å². The van der Waals surface area contributed by atoms with Gasteiger partial charge in [0.2, 0.25) is 5.91 Å². The number of esters is 1. The Balaban J connectivity index is 1.72.